The maximum absolute atomic E-state index is 6.39. The average molecular weight is 277 g/mol. The van der Waals surface area contributed by atoms with Gasteiger partial charge in [-0.3, -0.25) is 4.98 Å². The maximum atomic E-state index is 6.39. The number of alkyl halides is 1. The molecule has 0 spiro atoms. The molecule has 1 heterocycles. The first-order chi connectivity index (χ1) is 9.15. The summed E-state index contributed by atoms with van der Waals surface area (Å²) in [5, 5.41) is -0.107. The molecule has 0 bridgehead atoms. The van der Waals surface area contributed by atoms with E-state index >= 15 is 0 Å². The molecule has 2 rings (SSSR count). The second-order valence-corrected chi connectivity index (χ2v) is 5.12. The van der Waals surface area contributed by atoms with Gasteiger partial charge in [0, 0.05) is 12.6 Å². The lowest BCUT2D eigenvalue weighted by molar-refractivity contribution is 0.231. The van der Waals surface area contributed by atoms with Gasteiger partial charge in [-0.1, -0.05) is 30.3 Å². The van der Waals surface area contributed by atoms with Crippen LogP contribution < -0.4 is 4.74 Å². The Morgan fingerprint density at radius 3 is 2.58 bits per heavy atom. The van der Waals surface area contributed by atoms with E-state index in [0.717, 1.165) is 11.3 Å². The van der Waals surface area contributed by atoms with Crippen LogP contribution in [0.2, 0.25) is 0 Å². The van der Waals surface area contributed by atoms with Gasteiger partial charge in [0.2, 0.25) is 5.88 Å². The standard InChI is InChI=1S/C15H17ClN2O/c1-11(2)19-15-10-17-9-13(18-15)8-14(16)12-6-4-3-5-7-12/h3-7,9-11,14H,8H2,1-2H3. The van der Waals surface area contributed by atoms with Gasteiger partial charge in [0.25, 0.3) is 0 Å². The van der Waals surface area contributed by atoms with E-state index < -0.39 is 0 Å². The summed E-state index contributed by atoms with van der Waals surface area (Å²) in [4.78, 5) is 8.55. The van der Waals surface area contributed by atoms with E-state index in [1.54, 1.807) is 12.4 Å². The van der Waals surface area contributed by atoms with Gasteiger partial charge in [-0.2, -0.15) is 0 Å². The number of halogens is 1. The van der Waals surface area contributed by atoms with Crippen LogP contribution in [0.5, 0.6) is 5.88 Å². The van der Waals surface area contributed by atoms with Gasteiger partial charge in [0.05, 0.1) is 23.4 Å². The number of aromatic nitrogens is 2. The molecule has 0 saturated carbocycles. The molecule has 100 valence electrons. The smallest absolute Gasteiger partial charge is 0.232 e. The largest absolute Gasteiger partial charge is 0.474 e. The molecule has 0 aliphatic carbocycles. The van der Waals surface area contributed by atoms with Gasteiger partial charge in [-0.15, -0.1) is 11.6 Å². The SMILES string of the molecule is CC(C)Oc1cncc(CC(Cl)c2ccccc2)n1. The van der Waals surface area contributed by atoms with Gasteiger partial charge in [0.15, 0.2) is 0 Å². The number of rotatable bonds is 5. The lowest BCUT2D eigenvalue weighted by atomic mass is 10.1. The zero-order chi connectivity index (χ0) is 13.7. The Kier molecular flexibility index (Phi) is 4.74. The number of hydrogen-bond donors (Lipinski definition) is 0. The third-order valence-corrected chi connectivity index (χ3v) is 2.97. The van der Waals surface area contributed by atoms with Crippen LogP contribution in [0.25, 0.3) is 0 Å². The zero-order valence-corrected chi connectivity index (χ0v) is 11.8. The summed E-state index contributed by atoms with van der Waals surface area (Å²) < 4.78 is 5.53. The molecule has 4 heteroatoms. The van der Waals surface area contributed by atoms with Crippen molar-refractivity contribution < 1.29 is 4.74 Å². The fourth-order valence-corrected chi connectivity index (χ4v) is 2.05. The minimum atomic E-state index is -0.107. The second-order valence-electron chi connectivity index (χ2n) is 4.60. The third-order valence-electron chi connectivity index (χ3n) is 2.57. The molecular weight excluding hydrogens is 260 g/mol. The Balaban J connectivity index is 2.06. The molecule has 0 fully saturated rings. The molecule has 1 atom stereocenters. The molecule has 0 N–H and O–H groups in total. The van der Waals surface area contributed by atoms with Gasteiger partial charge >= 0.3 is 0 Å². The molecule has 0 amide bonds. The highest BCUT2D eigenvalue weighted by atomic mass is 35.5. The van der Waals surface area contributed by atoms with Crippen molar-refractivity contribution in [3.05, 3.63) is 54.0 Å². The van der Waals surface area contributed by atoms with E-state index in [4.69, 9.17) is 16.3 Å². The highest BCUT2D eigenvalue weighted by molar-refractivity contribution is 6.20. The summed E-state index contributed by atoms with van der Waals surface area (Å²) in [5.41, 5.74) is 1.92. The lowest BCUT2D eigenvalue weighted by Gasteiger charge is -2.11. The second kappa shape index (κ2) is 6.53. The summed E-state index contributed by atoms with van der Waals surface area (Å²) in [6.45, 7) is 3.92. The maximum Gasteiger partial charge on any atom is 0.232 e. The first-order valence-electron chi connectivity index (χ1n) is 6.31. The van der Waals surface area contributed by atoms with E-state index in [2.05, 4.69) is 9.97 Å². The van der Waals surface area contributed by atoms with Crippen LogP contribution in [0.4, 0.5) is 0 Å². The van der Waals surface area contributed by atoms with Gasteiger partial charge < -0.3 is 4.74 Å². The van der Waals surface area contributed by atoms with Crippen molar-refractivity contribution in [3.63, 3.8) is 0 Å². The normalized spacial score (nSPS) is 12.4. The fraction of sp³-hybridized carbons (Fsp3) is 0.333. The van der Waals surface area contributed by atoms with E-state index in [-0.39, 0.29) is 11.5 Å². The predicted molar refractivity (Wildman–Crippen MR) is 76.5 cm³/mol. The molecule has 2 aromatic rings. The molecule has 3 nitrogen and oxygen atoms in total. The first kappa shape index (κ1) is 13.8. The Labute approximate surface area is 118 Å². The van der Waals surface area contributed by atoms with Crippen LogP contribution in [0.1, 0.15) is 30.5 Å². The Morgan fingerprint density at radius 1 is 1.16 bits per heavy atom. The highest BCUT2D eigenvalue weighted by Gasteiger charge is 2.10. The molecule has 1 unspecified atom stereocenters. The molecule has 0 radical (unpaired) electrons. The number of benzene rings is 1. The van der Waals surface area contributed by atoms with Crippen molar-refractivity contribution in [1.82, 2.24) is 9.97 Å². The molecule has 1 aromatic carbocycles. The van der Waals surface area contributed by atoms with Gasteiger partial charge in [0.1, 0.15) is 0 Å². The Morgan fingerprint density at radius 2 is 1.89 bits per heavy atom. The third kappa shape index (κ3) is 4.21. The van der Waals surface area contributed by atoms with Crippen molar-refractivity contribution in [2.24, 2.45) is 0 Å². The first-order valence-corrected chi connectivity index (χ1v) is 6.75. The van der Waals surface area contributed by atoms with E-state index in [1.165, 1.54) is 0 Å². The molecule has 19 heavy (non-hydrogen) atoms. The minimum Gasteiger partial charge on any atom is -0.474 e. The average Bonchev–Trinajstić information content (AvgIpc) is 2.39. The summed E-state index contributed by atoms with van der Waals surface area (Å²) in [6.07, 6.45) is 4.07. The van der Waals surface area contributed by atoms with Crippen molar-refractivity contribution in [1.29, 1.82) is 0 Å². The summed E-state index contributed by atoms with van der Waals surface area (Å²) in [7, 11) is 0. The molecule has 0 aliphatic rings. The quantitative estimate of drug-likeness (QED) is 0.780. The van der Waals surface area contributed by atoms with Crippen molar-refractivity contribution >= 4 is 11.6 Å². The van der Waals surface area contributed by atoms with E-state index in [9.17, 15) is 0 Å². The van der Waals surface area contributed by atoms with Crippen LogP contribution in [0, 0.1) is 0 Å². The number of ether oxygens (including phenoxy) is 1. The van der Waals surface area contributed by atoms with Gasteiger partial charge in [-0.05, 0) is 19.4 Å². The molecular formula is C15H17ClN2O. The van der Waals surface area contributed by atoms with Crippen LogP contribution >= 0.6 is 11.6 Å². The summed E-state index contributed by atoms with van der Waals surface area (Å²) in [5.74, 6) is 0.546. The molecule has 0 saturated heterocycles. The van der Waals surface area contributed by atoms with Crippen LogP contribution in [0.3, 0.4) is 0 Å². The van der Waals surface area contributed by atoms with Crippen molar-refractivity contribution in [3.8, 4) is 5.88 Å². The summed E-state index contributed by atoms with van der Waals surface area (Å²) in [6, 6.07) is 9.96. The van der Waals surface area contributed by atoms with E-state index in [1.807, 2.05) is 44.2 Å². The lowest BCUT2D eigenvalue weighted by Crippen LogP contribution is -2.08. The van der Waals surface area contributed by atoms with Crippen LogP contribution in [-0.2, 0) is 6.42 Å². The monoisotopic (exact) mass is 276 g/mol. The Hall–Kier alpha value is -1.61. The number of nitrogens with zero attached hydrogens (tertiary/aromatic N) is 2. The van der Waals surface area contributed by atoms with E-state index in [0.29, 0.717) is 12.3 Å². The molecule has 1 aromatic heterocycles. The Bertz CT molecular complexity index is 517. The van der Waals surface area contributed by atoms with Crippen molar-refractivity contribution in [2.45, 2.75) is 31.7 Å². The highest BCUT2D eigenvalue weighted by Crippen LogP contribution is 2.24. The predicted octanol–water partition coefficient (Wildman–Crippen LogP) is 3.79. The molecule has 0 aliphatic heterocycles. The zero-order valence-electron chi connectivity index (χ0n) is 11.1. The fourth-order valence-electron chi connectivity index (χ4n) is 1.75. The van der Waals surface area contributed by atoms with Crippen LogP contribution in [-0.4, -0.2) is 16.1 Å². The van der Waals surface area contributed by atoms with Crippen LogP contribution in [0.15, 0.2) is 42.7 Å². The minimum absolute atomic E-state index is 0.0884. The number of hydrogen-bond acceptors (Lipinski definition) is 3. The summed E-state index contributed by atoms with van der Waals surface area (Å²) >= 11 is 6.39. The topological polar surface area (TPSA) is 35.0 Å². The van der Waals surface area contributed by atoms with Gasteiger partial charge in [-0.25, -0.2) is 4.98 Å². The van der Waals surface area contributed by atoms with Crippen molar-refractivity contribution in [2.75, 3.05) is 0 Å².